The Morgan fingerprint density at radius 2 is 2.12 bits per heavy atom. The van der Waals surface area contributed by atoms with Crippen molar-refractivity contribution in [3.8, 4) is 0 Å². The van der Waals surface area contributed by atoms with Gasteiger partial charge in [0, 0.05) is 22.5 Å². The average Bonchev–Trinajstić information content (AvgIpc) is 2.89. The van der Waals surface area contributed by atoms with Gasteiger partial charge < -0.3 is 10.0 Å². The Morgan fingerprint density at radius 1 is 1.35 bits per heavy atom. The number of carbonyl (C=O) groups excluding carboxylic acids is 1. The third kappa shape index (κ3) is 2.10. The van der Waals surface area contributed by atoms with Gasteiger partial charge in [-0.25, -0.2) is 0 Å². The second-order valence-electron chi connectivity index (χ2n) is 4.28. The van der Waals surface area contributed by atoms with Gasteiger partial charge in [0.15, 0.2) is 0 Å². The highest BCUT2D eigenvalue weighted by atomic mass is 32.1. The van der Waals surface area contributed by atoms with Crippen LogP contribution in [-0.2, 0) is 0 Å². The lowest BCUT2D eigenvalue weighted by Crippen LogP contribution is -2.39. The van der Waals surface area contributed by atoms with Crippen molar-refractivity contribution in [2.24, 2.45) is 0 Å². The van der Waals surface area contributed by atoms with E-state index in [9.17, 15) is 9.90 Å². The Bertz CT molecular complexity index is 509. The topological polar surface area (TPSA) is 40.5 Å². The maximum Gasteiger partial charge on any atom is 0.263 e. The van der Waals surface area contributed by atoms with Crippen LogP contribution in [0.25, 0.3) is 9.40 Å². The van der Waals surface area contributed by atoms with E-state index >= 15 is 0 Å². The highest BCUT2D eigenvalue weighted by Gasteiger charge is 2.23. The number of hydrogen-bond acceptors (Lipinski definition) is 4. The van der Waals surface area contributed by atoms with Crippen molar-refractivity contribution in [1.82, 2.24) is 4.90 Å². The first kappa shape index (κ1) is 11.2. The molecule has 0 unspecified atom stereocenters. The zero-order valence-corrected chi connectivity index (χ0v) is 10.9. The van der Waals surface area contributed by atoms with Crippen LogP contribution in [0.3, 0.4) is 0 Å². The van der Waals surface area contributed by atoms with Gasteiger partial charge in [-0.1, -0.05) is 0 Å². The quantitative estimate of drug-likeness (QED) is 0.862. The third-order valence-corrected chi connectivity index (χ3v) is 5.18. The molecule has 1 aliphatic heterocycles. The van der Waals surface area contributed by atoms with Crippen LogP contribution in [0.4, 0.5) is 0 Å². The lowest BCUT2D eigenvalue weighted by atomic mass is 10.1. The van der Waals surface area contributed by atoms with Crippen molar-refractivity contribution in [2.45, 2.75) is 18.9 Å². The van der Waals surface area contributed by atoms with Crippen LogP contribution in [0.1, 0.15) is 22.5 Å². The molecule has 17 heavy (non-hydrogen) atoms. The maximum atomic E-state index is 12.2. The molecule has 1 saturated heterocycles. The fourth-order valence-corrected chi connectivity index (χ4v) is 4.17. The SMILES string of the molecule is O=C(c1cc2sccc2s1)N1CCC(O)CC1. The summed E-state index contributed by atoms with van der Waals surface area (Å²) in [7, 11) is 0. The van der Waals surface area contributed by atoms with E-state index in [4.69, 9.17) is 0 Å². The predicted molar refractivity (Wildman–Crippen MR) is 70.8 cm³/mol. The molecule has 90 valence electrons. The first-order chi connectivity index (χ1) is 8.24. The van der Waals surface area contributed by atoms with E-state index in [2.05, 4.69) is 6.07 Å². The summed E-state index contributed by atoms with van der Waals surface area (Å²) >= 11 is 3.24. The van der Waals surface area contributed by atoms with Crippen molar-refractivity contribution < 1.29 is 9.90 Å². The van der Waals surface area contributed by atoms with E-state index in [1.54, 1.807) is 22.7 Å². The van der Waals surface area contributed by atoms with Gasteiger partial charge in [0.1, 0.15) is 0 Å². The van der Waals surface area contributed by atoms with Crippen molar-refractivity contribution in [3.05, 3.63) is 22.4 Å². The maximum absolute atomic E-state index is 12.2. The van der Waals surface area contributed by atoms with Gasteiger partial charge in [-0.05, 0) is 30.4 Å². The van der Waals surface area contributed by atoms with Crippen molar-refractivity contribution >= 4 is 38.0 Å². The number of carbonyl (C=O) groups is 1. The average molecular weight is 267 g/mol. The van der Waals surface area contributed by atoms with Crippen LogP contribution in [0.5, 0.6) is 0 Å². The molecule has 5 heteroatoms. The van der Waals surface area contributed by atoms with Crippen LogP contribution in [0, 0.1) is 0 Å². The number of nitrogens with zero attached hydrogens (tertiary/aromatic N) is 1. The number of thiophene rings is 2. The van der Waals surface area contributed by atoms with Gasteiger partial charge >= 0.3 is 0 Å². The number of fused-ring (bicyclic) bond motifs is 1. The van der Waals surface area contributed by atoms with Crippen LogP contribution in [0.15, 0.2) is 17.5 Å². The monoisotopic (exact) mass is 267 g/mol. The third-order valence-electron chi connectivity index (χ3n) is 3.10. The fraction of sp³-hybridized carbons (Fsp3) is 0.417. The highest BCUT2D eigenvalue weighted by Crippen LogP contribution is 2.31. The summed E-state index contributed by atoms with van der Waals surface area (Å²) in [4.78, 5) is 14.9. The Kier molecular flexibility index (Phi) is 2.90. The van der Waals surface area contributed by atoms with E-state index in [1.165, 1.54) is 9.40 Å². The van der Waals surface area contributed by atoms with Gasteiger partial charge in [-0.2, -0.15) is 0 Å². The molecule has 0 bridgehead atoms. The summed E-state index contributed by atoms with van der Waals surface area (Å²) < 4.78 is 2.38. The van der Waals surface area contributed by atoms with Gasteiger partial charge in [-0.15, -0.1) is 22.7 Å². The molecule has 2 aromatic rings. The molecular weight excluding hydrogens is 254 g/mol. The van der Waals surface area contributed by atoms with Gasteiger partial charge in [0.2, 0.25) is 0 Å². The normalized spacial score (nSPS) is 17.8. The van der Waals surface area contributed by atoms with Crippen LogP contribution >= 0.6 is 22.7 Å². The van der Waals surface area contributed by atoms with E-state index in [0.717, 1.165) is 4.88 Å². The van der Waals surface area contributed by atoms with Crippen molar-refractivity contribution in [1.29, 1.82) is 0 Å². The molecule has 1 N–H and O–H groups in total. The first-order valence-corrected chi connectivity index (χ1v) is 7.38. The Morgan fingerprint density at radius 3 is 2.82 bits per heavy atom. The lowest BCUT2D eigenvalue weighted by molar-refractivity contribution is 0.0551. The summed E-state index contributed by atoms with van der Waals surface area (Å²) in [5, 5.41) is 11.5. The molecule has 3 rings (SSSR count). The molecular formula is C12H13NO2S2. The fourth-order valence-electron chi connectivity index (χ4n) is 2.10. The zero-order valence-electron chi connectivity index (χ0n) is 9.26. The van der Waals surface area contributed by atoms with E-state index in [0.29, 0.717) is 25.9 Å². The smallest absolute Gasteiger partial charge is 0.263 e. The molecule has 3 heterocycles. The van der Waals surface area contributed by atoms with Gasteiger partial charge in [0.05, 0.1) is 11.0 Å². The number of hydrogen-bond donors (Lipinski definition) is 1. The molecule has 1 fully saturated rings. The number of aliphatic hydroxyl groups is 1. The lowest BCUT2D eigenvalue weighted by Gasteiger charge is -2.29. The molecule has 2 aromatic heterocycles. The number of amides is 1. The number of rotatable bonds is 1. The van der Waals surface area contributed by atoms with Crippen molar-refractivity contribution in [2.75, 3.05) is 13.1 Å². The highest BCUT2D eigenvalue weighted by molar-refractivity contribution is 7.27. The minimum atomic E-state index is -0.231. The molecule has 0 saturated carbocycles. The molecule has 1 aliphatic rings. The van der Waals surface area contributed by atoms with Crippen LogP contribution in [-0.4, -0.2) is 35.1 Å². The minimum absolute atomic E-state index is 0.116. The van der Waals surface area contributed by atoms with E-state index in [-0.39, 0.29) is 12.0 Å². The molecule has 0 atom stereocenters. The molecule has 3 nitrogen and oxygen atoms in total. The summed E-state index contributed by atoms with van der Waals surface area (Å²) in [5.74, 6) is 0.116. The summed E-state index contributed by atoms with van der Waals surface area (Å²) in [6.07, 6.45) is 1.17. The number of likely N-dealkylation sites (tertiary alicyclic amines) is 1. The molecule has 0 aliphatic carbocycles. The van der Waals surface area contributed by atoms with E-state index < -0.39 is 0 Å². The molecule has 0 spiro atoms. The van der Waals surface area contributed by atoms with Gasteiger partial charge in [-0.3, -0.25) is 4.79 Å². The standard InChI is InChI=1S/C12H13NO2S2/c14-8-1-4-13(5-2-8)12(15)11-7-10-9(17-11)3-6-16-10/h3,6-8,14H,1-2,4-5H2. The Balaban J connectivity index is 1.79. The second-order valence-corrected chi connectivity index (χ2v) is 6.31. The largest absolute Gasteiger partial charge is 0.393 e. The summed E-state index contributed by atoms with van der Waals surface area (Å²) in [5.41, 5.74) is 0. The molecule has 1 amide bonds. The van der Waals surface area contributed by atoms with Crippen molar-refractivity contribution in [3.63, 3.8) is 0 Å². The second kappa shape index (κ2) is 4.40. The Labute approximate surface area is 107 Å². The Hall–Kier alpha value is -0.910. The van der Waals surface area contributed by atoms with Crippen LogP contribution in [0.2, 0.25) is 0 Å². The number of aliphatic hydroxyl groups excluding tert-OH is 1. The summed E-state index contributed by atoms with van der Waals surface area (Å²) in [6, 6.07) is 4.04. The van der Waals surface area contributed by atoms with Gasteiger partial charge in [0.25, 0.3) is 5.91 Å². The minimum Gasteiger partial charge on any atom is -0.393 e. The number of piperidine rings is 1. The zero-order chi connectivity index (χ0) is 11.8. The predicted octanol–water partition coefficient (Wildman–Crippen LogP) is 2.56. The van der Waals surface area contributed by atoms with E-state index in [1.807, 2.05) is 16.3 Å². The summed E-state index contributed by atoms with van der Waals surface area (Å²) in [6.45, 7) is 1.34. The molecule has 0 aromatic carbocycles. The first-order valence-electron chi connectivity index (χ1n) is 5.68. The van der Waals surface area contributed by atoms with Crippen LogP contribution < -0.4 is 0 Å². The molecule has 0 radical (unpaired) electrons.